The van der Waals surface area contributed by atoms with Gasteiger partial charge in [0.2, 0.25) is 0 Å². The van der Waals surface area contributed by atoms with E-state index >= 15 is 4.39 Å². The summed E-state index contributed by atoms with van der Waals surface area (Å²) in [6.07, 6.45) is 0.705. The topological polar surface area (TPSA) is 157 Å². The molecule has 0 spiro atoms. The quantitative estimate of drug-likeness (QED) is 0.0516. The lowest BCUT2D eigenvalue weighted by Gasteiger charge is -2.38. The maximum absolute atomic E-state index is 15.6. The molecular weight excluding hydrogens is 702 g/mol. The Morgan fingerprint density at radius 2 is 1.81 bits per heavy atom. The van der Waals surface area contributed by atoms with Crippen LogP contribution in [0.1, 0.15) is 86.3 Å². The summed E-state index contributed by atoms with van der Waals surface area (Å²) in [6.45, 7) is 7.07. The lowest BCUT2D eigenvalue weighted by Crippen LogP contribution is -2.52. The van der Waals surface area contributed by atoms with Crippen LogP contribution < -0.4 is 15.4 Å². The number of hydrogen-bond acceptors (Lipinski definition) is 8. The molecule has 2 atom stereocenters. The van der Waals surface area contributed by atoms with E-state index in [-0.39, 0.29) is 23.5 Å². The Balaban J connectivity index is 1.55. The molecule has 2 heterocycles. The highest BCUT2D eigenvalue weighted by molar-refractivity contribution is 7.90. The largest absolute Gasteiger partial charge is 0.598 e. The smallest absolute Gasteiger partial charge is 0.435 e. The third-order valence-electron chi connectivity index (χ3n) is 8.42. The fraction of sp³-hybridized carbons (Fsp3) is 0.361. The highest BCUT2D eigenvalue weighted by Crippen LogP contribution is 2.43. The summed E-state index contributed by atoms with van der Waals surface area (Å²) in [4.78, 5) is 29.9. The van der Waals surface area contributed by atoms with Crippen LogP contribution in [0, 0.1) is 17.1 Å². The van der Waals surface area contributed by atoms with E-state index in [1.807, 2.05) is 26.8 Å². The lowest BCUT2D eigenvalue weighted by molar-refractivity contribution is -0.141. The second-order valence-corrected chi connectivity index (χ2v) is 15.3. The van der Waals surface area contributed by atoms with Gasteiger partial charge in [-0.25, -0.2) is 13.9 Å². The van der Waals surface area contributed by atoms with E-state index in [4.69, 9.17) is 10.1 Å². The number of rotatable bonds is 12. The van der Waals surface area contributed by atoms with Crippen LogP contribution >= 0.6 is 0 Å². The fourth-order valence-electron chi connectivity index (χ4n) is 5.46. The van der Waals surface area contributed by atoms with Crippen LogP contribution in [0.5, 0.6) is 0 Å². The van der Waals surface area contributed by atoms with E-state index in [9.17, 15) is 27.3 Å². The Hall–Kier alpha value is -4.80. The van der Waals surface area contributed by atoms with Crippen LogP contribution in [0.2, 0.25) is 0 Å². The number of nitrogens with zero attached hydrogens (tertiary/aromatic N) is 3. The number of benzene rings is 2. The van der Waals surface area contributed by atoms with Crippen molar-refractivity contribution < 1.29 is 36.4 Å². The molecule has 0 radical (unpaired) electrons. The first-order valence-electron chi connectivity index (χ1n) is 16.5. The number of hydrogen-bond donors (Lipinski definition) is 4. The first kappa shape index (κ1) is 38.4. The number of aromatic nitrogens is 3. The molecule has 276 valence electrons. The minimum absolute atomic E-state index is 0.0481. The Labute approximate surface area is 301 Å². The van der Waals surface area contributed by atoms with Gasteiger partial charge in [0.05, 0.1) is 18.0 Å². The lowest BCUT2D eigenvalue weighted by atomic mass is 9.80. The number of alkyl carbamates (subject to hydrolysis) is 1. The normalized spacial score (nSPS) is 15.0. The van der Waals surface area contributed by atoms with Gasteiger partial charge in [-0.3, -0.25) is 20.5 Å². The molecule has 16 heteroatoms. The molecule has 4 aromatic rings. The monoisotopic (exact) mass is 741 g/mol. The minimum Gasteiger partial charge on any atom is -0.598 e. The van der Waals surface area contributed by atoms with Gasteiger partial charge in [0.15, 0.2) is 5.69 Å². The zero-order valence-corrected chi connectivity index (χ0v) is 29.8. The average molecular weight is 742 g/mol. The molecule has 0 bridgehead atoms. The van der Waals surface area contributed by atoms with E-state index in [1.54, 1.807) is 25.4 Å². The second kappa shape index (κ2) is 15.4. The van der Waals surface area contributed by atoms with E-state index in [1.165, 1.54) is 36.4 Å². The van der Waals surface area contributed by atoms with Crippen molar-refractivity contribution in [3.8, 4) is 5.69 Å². The van der Waals surface area contributed by atoms with Crippen molar-refractivity contribution in [3.05, 3.63) is 107 Å². The molecule has 1 saturated carbocycles. The van der Waals surface area contributed by atoms with Crippen LogP contribution in [-0.4, -0.2) is 48.5 Å². The van der Waals surface area contributed by atoms with Crippen LogP contribution in [0.25, 0.3) is 5.69 Å². The summed E-state index contributed by atoms with van der Waals surface area (Å²) < 4.78 is 79.2. The number of nitrogens with one attached hydrogen (secondary N) is 4. The molecule has 1 aliphatic rings. The molecule has 2 amide bonds. The van der Waals surface area contributed by atoms with Crippen molar-refractivity contribution >= 4 is 34.9 Å². The number of halogens is 4. The molecule has 2 aromatic heterocycles. The molecule has 11 nitrogen and oxygen atoms in total. The zero-order chi connectivity index (χ0) is 37.8. The Morgan fingerprint density at radius 3 is 2.44 bits per heavy atom. The van der Waals surface area contributed by atoms with E-state index in [0.717, 1.165) is 30.0 Å². The maximum atomic E-state index is 15.6. The molecule has 1 fully saturated rings. The second-order valence-electron chi connectivity index (χ2n) is 13.4. The molecule has 1 aliphatic carbocycles. The summed E-state index contributed by atoms with van der Waals surface area (Å²) in [7, 11) is 0. The van der Waals surface area contributed by atoms with Crippen LogP contribution in [0.15, 0.2) is 73.1 Å². The molecule has 2 aromatic carbocycles. The third-order valence-corrected chi connectivity index (χ3v) is 10.1. The van der Waals surface area contributed by atoms with Gasteiger partial charge in [-0.05, 0) is 87.9 Å². The molecule has 2 unspecified atom stereocenters. The third kappa shape index (κ3) is 8.97. The summed E-state index contributed by atoms with van der Waals surface area (Å²) in [6, 6.07) is 13.6. The molecule has 0 aliphatic heterocycles. The van der Waals surface area contributed by atoms with Gasteiger partial charge in [-0.1, -0.05) is 37.1 Å². The molecule has 5 rings (SSSR count). The SMILES string of the molecule is CCOC(=O)NC(=N)c1cccc(-n2nc(C(F)(F)F)cc2C(=O)Nc2cc(C(CCC3CC3)(N[S+]([O-])C(C)(C)C)c3cccnc3)ccc2F)c1. The minimum atomic E-state index is -4.94. The fourth-order valence-corrected chi connectivity index (χ4v) is 6.42. The van der Waals surface area contributed by atoms with Gasteiger partial charge in [0.25, 0.3) is 5.91 Å². The number of alkyl halides is 3. The van der Waals surface area contributed by atoms with Crippen LogP contribution in [-0.2, 0) is 27.8 Å². The van der Waals surface area contributed by atoms with Crippen LogP contribution in [0.4, 0.5) is 28.0 Å². The summed E-state index contributed by atoms with van der Waals surface area (Å²) in [5.41, 5.74) is -2.30. The van der Waals surface area contributed by atoms with Gasteiger partial charge in [0.1, 0.15) is 27.6 Å². The van der Waals surface area contributed by atoms with Crippen molar-refractivity contribution in [2.75, 3.05) is 11.9 Å². The number of carbonyl (C=O) groups excluding carboxylic acids is 2. The van der Waals surface area contributed by atoms with Crippen molar-refractivity contribution in [1.29, 1.82) is 5.41 Å². The number of carbonyl (C=O) groups is 2. The number of amidine groups is 1. The Bertz CT molecular complexity index is 1930. The van der Waals surface area contributed by atoms with Gasteiger partial charge < -0.3 is 14.6 Å². The van der Waals surface area contributed by atoms with E-state index in [0.29, 0.717) is 29.5 Å². The summed E-state index contributed by atoms with van der Waals surface area (Å²) in [5.74, 6) is -1.92. The van der Waals surface area contributed by atoms with Gasteiger partial charge >= 0.3 is 12.3 Å². The zero-order valence-electron chi connectivity index (χ0n) is 28.9. The first-order valence-corrected chi connectivity index (χ1v) is 17.7. The van der Waals surface area contributed by atoms with Crippen molar-refractivity contribution in [2.24, 2.45) is 5.92 Å². The van der Waals surface area contributed by atoms with Crippen molar-refractivity contribution in [1.82, 2.24) is 24.8 Å². The Morgan fingerprint density at radius 1 is 1.06 bits per heavy atom. The van der Waals surface area contributed by atoms with Gasteiger partial charge in [-0.2, -0.15) is 18.3 Å². The maximum Gasteiger partial charge on any atom is 0.435 e. The van der Waals surface area contributed by atoms with Crippen LogP contribution in [0.3, 0.4) is 0 Å². The molecule has 52 heavy (non-hydrogen) atoms. The highest BCUT2D eigenvalue weighted by Gasteiger charge is 2.44. The molecule has 0 saturated heterocycles. The number of anilines is 1. The molecular formula is C36H39F4N7O4S. The number of pyridine rings is 1. The van der Waals surface area contributed by atoms with E-state index < -0.39 is 62.9 Å². The standard InChI is InChI=1S/C36H39F4N7O4S/c1-5-51-33(49)44-31(41)23-8-6-10-26(18-23)47-29(20-30(45-47)36(38,39)40)32(48)43-28-19-24(13-14-27(28)37)35(16-15-22-11-12-22,25-9-7-17-42-21-25)46-52(50)34(2,3)4/h6-10,13-14,17-22,46H,5,11-12,15-16H2,1-4H3,(H,43,48)(H2,41,44,49). The summed E-state index contributed by atoms with van der Waals surface area (Å²) >= 11 is -1.62. The van der Waals surface area contributed by atoms with Gasteiger partial charge in [-0.15, -0.1) is 4.72 Å². The molecule has 4 N–H and O–H groups in total. The van der Waals surface area contributed by atoms with Gasteiger partial charge in [0, 0.05) is 35.4 Å². The number of ether oxygens (including phenoxy) is 1. The van der Waals surface area contributed by atoms with Crippen molar-refractivity contribution in [2.45, 2.75) is 69.8 Å². The average Bonchev–Trinajstić information content (AvgIpc) is 3.81. The predicted octanol–water partition coefficient (Wildman–Crippen LogP) is 7.23. The predicted molar refractivity (Wildman–Crippen MR) is 188 cm³/mol. The van der Waals surface area contributed by atoms with Crippen molar-refractivity contribution in [3.63, 3.8) is 0 Å². The Kier molecular flexibility index (Phi) is 11.4. The first-order chi connectivity index (χ1) is 24.5. The summed E-state index contributed by atoms with van der Waals surface area (Å²) in [5, 5.41) is 16.5. The van der Waals surface area contributed by atoms with E-state index in [2.05, 4.69) is 25.4 Å². The highest BCUT2D eigenvalue weighted by atomic mass is 32.2. The number of amides is 2.